The smallest absolute Gasteiger partial charge is 0.462 e. The number of aromatic nitrogens is 2. The highest BCUT2D eigenvalue weighted by Gasteiger charge is 2.46. The molecule has 430 valence electrons. The van der Waals surface area contributed by atoms with Gasteiger partial charge in [0.25, 0.3) is 0 Å². The predicted molar refractivity (Wildman–Crippen MR) is 294 cm³/mol. The number of esters is 2. The molecule has 2 heterocycles. The summed E-state index contributed by atoms with van der Waals surface area (Å²) in [5, 5.41) is 31.3. The zero-order valence-electron chi connectivity index (χ0n) is 44.9. The molecule has 1 aliphatic rings. The highest BCUT2D eigenvalue weighted by Crippen LogP contribution is 2.60. The first kappa shape index (κ1) is 68.0. The fourth-order valence-electron chi connectivity index (χ4n) is 7.54. The summed E-state index contributed by atoms with van der Waals surface area (Å²) in [6, 6.07) is 1.24. The fraction of sp³-hybridized carbons (Fsp3) is 0.636. The van der Waals surface area contributed by atoms with Gasteiger partial charge in [0.2, 0.25) is 0 Å². The van der Waals surface area contributed by atoms with Gasteiger partial charge in [-0.05, 0) is 89.5 Å². The van der Waals surface area contributed by atoms with Crippen molar-refractivity contribution in [1.29, 1.82) is 0 Å². The van der Waals surface area contributed by atoms with Gasteiger partial charge in [0, 0.05) is 19.0 Å². The number of nitrogens with two attached hydrogens (primary N) is 1. The molecule has 0 aromatic carbocycles. The van der Waals surface area contributed by atoms with Crippen molar-refractivity contribution in [3.63, 3.8) is 0 Å². The van der Waals surface area contributed by atoms with Gasteiger partial charge in [-0.15, -0.1) is 0 Å². The molecule has 0 aliphatic carbocycles. The van der Waals surface area contributed by atoms with Gasteiger partial charge in [-0.1, -0.05) is 157 Å². The summed E-state index contributed by atoms with van der Waals surface area (Å²) >= 11 is 0. The van der Waals surface area contributed by atoms with Crippen LogP contribution in [0.1, 0.15) is 174 Å². The number of allylic oxidation sites excluding steroid dienone is 13. The molecule has 21 heteroatoms. The average molecular weight is 1110 g/mol. The maximum absolute atomic E-state index is 12.9. The van der Waals surface area contributed by atoms with Crippen molar-refractivity contribution in [2.45, 2.75) is 205 Å². The minimum atomic E-state index is -5.47. The third kappa shape index (κ3) is 33.9. The number of hydrogen-bond donors (Lipinski definition) is 6. The molecule has 19 nitrogen and oxygen atoms in total. The van der Waals surface area contributed by atoms with Crippen molar-refractivity contribution >= 4 is 33.4 Å². The molecule has 1 aromatic heterocycles. The van der Waals surface area contributed by atoms with Crippen LogP contribution in [0.3, 0.4) is 0 Å². The molecule has 0 radical (unpaired) electrons. The Morgan fingerprint density at radius 3 is 1.84 bits per heavy atom. The fourth-order valence-corrected chi connectivity index (χ4v) is 9.65. The third-order valence-electron chi connectivity index (χ3n) is 11.8. The van der Waals surface area contributed by atoms with Crippen LogP contribution in [-0.4, -0.2) is 96.9 Å². The van der Waals surface area contributed by atoms with Crippen molar-refractivity contribution < 1.29 is 71.4 Å². The van der Waals surface area contributed by atoms with Crippen LogP contribution in [-0.2, 0) is 46.3 Å². The van der Waals surface area contributed by atoms with Gasteiger partial charge in [0.05, 0.1) is 19.3 Å². The number of aliphatic hydroxyl groups is 3. The first-order valence-corrected chi connectivity index (χ1v) is 30.2. The standard InChI is InChI=1S/C55H89N3O16P2/c1-3-5-7-9-11-13-15-17-18-19-20-21-22-23-25-27-29-31-33-35-39-51(61)72-47(43-69-50(60)40-36-38-46(59)37-34-32-30-28-26-24-16-14-12-10-8-6-4-2)44-70-75(65,66)74-76(67,68)71-45-48-52(62)53(63)54(73-48)58-42-41-49(56)57-55(58)64/h12-15,18-19,21-22,24,26,30,32,34,37,41-42,46-48,52-54,59,62-63H,3-11,16-17,20,23,25,27-29,31,33,35-36,38-40,43-45H2,1-2H3,(H,65,66)(H,67,68)(H2,56,57,64)/b14-12-,15-13-,19-18-,22-21-,26-24-,32-30-,37-34+/t46-,47-,48-,52-,53-,54-/m1/s1. The first-order chi connectivity index (χ1) is 36.6. The molecule has 2 unspecified atom stereocenters. The van der Waals surface area contributed by atoms with E-state index in [-0.39, 0.29) is 31.5 Å². The topological polar surface area (TPSA) is 286 Å². The molecule has 8 atom stereocenters. The van der Waals surface area contributed by atoms with Gasteiger partial charge in [0.1, 0.15) is 30.7 Å². The van der Waals surface area contributed by atoms with Gasteiger partial charge < -0.3 is 45.1 Å². The lowest BCUT2D eigenvalue weighted by molar-refractivity contribution is -0.161. The second kappa shape index (κ2) is 41.9. The van der Waals surface area contributed by atoms with Crippen molar-refractivity contribution in [2.24, 2.45) is 0 Å². The summed E-state index contributed by atoms with van der Waals surface area (Å²) in [6.07, 6.45) is 42.4. The summed E-state index contributed by atoms with van der Waals surface area (Å²) < 4.78 is 56.7. The second-order valence-corrected chi connectivity index (χ2v) is 21.6. The molecular weight excluding hydrogens is 1020 g/mol. The van der Waals surface area contributed by atoms with Gasteiger partial charge >= 0.3 is 33.3 Å². The van der Waals surface area contributed by atoms with Crippen LogP contribution in [0.2, 0.25) is 0 Å². The second-order valence-electron chi connectivity index (χ2n) is 18.6. The number of nitrogen functional groups attached to an aromatic ring is 1. The van der Waals surface area contributed by atoms with E-state index in [1.807, 2.05) is 12.2 Å². The number of carbonyl (C=O) groups is 2. The van der Waals surface area contributed by atoms with E-state index in [0.29, 0.717) is 6.42 Å². The summed E-state index contributed by atoms with van der Waals surface area (Å²) in [5.74, 6) is -1.53. The maximum atomic E-state index is 12.9. The molecule has 2 rings (SSSR count). The van der Waals surface area contributed by atoms with E-state index < -0.39 is 89.8 Å². The number of aliphatic hydroxyl groups excluding tert-OH is 3. The van der Waals surface area contributed by atoms with Gasteiger partial charge in [0.15, 0.2) is 12.3 Å². The molecule has 1 aliphatic heterocycles. The lowest BCUT2D eigenvalue weighted by Gasteiger charge is -2.21. The van der Waals surface area contributed by atoms with Crippen molar-refractivity contribution in [3.8, 4) is 0 Å². The molecule has 7 N–H and O–H groups in total. The Bertz CT molecular complexity index is 2120. The Labute approximate surface area is 450 Å². The van der Waals surface area contributed by atoms with E-state index in [0.717, 1.165) is 87.8 Å². The minimum absolute atomic E-state index is 0.00924. The van der Waals surface area contributed by atoms with Crippen molar-refractivity contribution in [2.75, 3.05) is 25.6 Å². The van der Waals surface area contributed by atoms with E-state index in [4.69, 9.17) is 29.0 Å². The third-order valence-corrected chi connectivity index (χ3v) is 14.4. The molecule has 0 amide bonds. The molecule has 0 bridgehead atoms. The van der Waals surface area contributed by atoms with Crippen LogP contribution in [0.15, 0.2) is 102 Å². The van der Waals surface area contributed by atoms with Crippen LogP contribution >= 0.6 is 15.6 Å². The van der Waals surface area contributed by atoms with Crippen LogP contribution < -0.4 is 11.4 Å². The number of rotatable bonds is 44. The zero-order chi connectivity index (χ0) is 55.7. The van der Waals surface area contributed by atoms with E-state index in [1.165, 1.54) is 51.0 Å². The first-order valence-electron chi connectivity index (χ1n) is 27.2. The van der Waals surface area contributed by atoms with Crippen molar-refractivity contribution in [1.82, 2.24) is 9.55 Å². The highest BCUT2D eigenvalue weighted by molar-refractivity contribution is 7.61. The minimum Gasteiger partial charge on any atom is -0.462 e. The van der Waals surface area contributed by atoms with Crippen LogP contribution in [0.25, 0.3) is 0 Å². The zero-order valence-corrected chi connectivity index (χ0v) is 46.7. The average Bonchev–Trinajstić information content (AvgIpc) is 3.65. The van der Waals surface area contributed by atoms with Crippen molar-refractivity contribution in [3.05, 3.63) is 108 Å². The Morgan fingerprint density at radius 1 is 0.697 bits per heavy atom. The molecule has 76 heavy (non-hydrogen) atoms. The van der Waals surface area contributed by atoms with E-state index in [2.05, 4.69) is 83.9 Å². The monoisotopic (exact) mass is 1110 g/mol. The maximum Gasteiger partial charge on any atom is 0.481 e. The lowest BCUT2D eigenvalue weighted by Crippen LogP contribution is -2.36. The normalized spacial score (nSPS) is 19.8. The number of unbranched alkanes of at least 4 members (excludes halogenated alkanes) is 13. The van der Waals surface area contributed by atoms with Gasteiger partial charge in [-0.25, -0.2) is 13.9 Å². The number of carbonyl (C=O) groups excluding carboxylic acids is 2. The Balaban J connectivity index is 1.84. The molecule has 1 saturated heterocycles. The Kier molecular flexibility index (Phi) is 37.5. The van der Waals surface area contributed by atoms with Gasteiger partial charge in [-0.2, -0.15) is 9.29 Å². The lowest BCUT2D eigenvalue weighted by atomic mass is 10.1. The Hall–Kier alpha value is -4.10. The summed E-state index contributed by atoms with van der Waals surface area (Å²) in [4.78, 5) is 62.1. The summed E-state index contributed by atoms with van der Waals surface area (Å²) in [6.45, 7) is 1.91. The van der Waals surface area contributed by atoms with Gasteiger partial charge in [-0.3, -0.25) is 23.2 Å². The van der Waals surface area contributed by atoms with Crippen LogP contribution in [0.5, 0.6) is 0 Å². The summed E-state index contributed by atoms with van der Waals surface area (Å²) in [5.41, 5.74) is 4.58. The molecule has 1 fully saturated rings. The number of ether oxygens (including phenoxy) is 3. The van der Waals surface area contributed by atoms with Crippen LogP contribution in [0, 0.1) is 0 Å². The van der Waals surface area contributed by atoms with E-state index in [1.54, 1.807) is 12.2 Å². The molecule has 0 saturated carbocycles. The van der Waals surface area contributed by atoms with E-state index >= 15 is 0 Å². The largest absolute Gasteiger partial charge is 0.481 e. The Morgan fingerprint density at radius 2 is 1.22 bits per heavy atom. The summed E-state index contributed by atoms with van der Waals surface area (Å²) in [7, 11) is -10.9. The number of anilines is 1. The number of phosphoric acid groups is 2. The molecule has 1 aromatic rings. The molecular formula is C55H89N3O16P2. The quantitative estimate of drug-likeness (QED) is 0.0116. The SMILES string of the molecule is CCCCC/C=C\C/C=C\C/C=C\C=C\[C@@H](O)CCCC(=O)OC[C@H](COP(=O)(O)OP(=O)(O)OC[C@H]1O[C@@H](n2ccc(N)nc2=O)[C@H](O)[C@@H]1O)OC(=O)CCCCCCCC/C=C\C/C=C\C/C=C\CCCCCC. The molecule has 0 spiro atoms. The van der Waals surface area contributed by atoms with E-state index in [9.17, 15) is 48.6 Å². The number of nitrogens with zero attached hydrogens (tertiary/aromatic N) is 2. The number of hydrogen-bond acceptors (Lipinski definition) is 16. The highest BCUT2D eigenvalue weighted by atomic mass is 31.3. The number of phosphoric ester groups is 2. The van der Waals surface area contributed by atoms with Crippen LogP contribution in [0.4, 0.5) is 5.82 Å². The predicted octanol–water partition coefficient (Wildman–Crippen LogP) is 10.8.